The summed E-state index contributed by atoms with van der Waals surface area (Å²) in [7, 11) is -4.01. The van der Waals surface area contributed by atoms with E-state index in [1.807, 2.05) is 26.8 Å². The van der Waals surface area contributed by atoms with Crippen LogP contribution < -0.4 is 4.31 Å². The molecule has 25 heavy (non-hydrogen) atoms. The first-order valence-corrected chi connectivity index (χ1v) is 9.63. The Morgan fingerprint density at radius 1 is 0.920 bits per heavy atom. The van der Waals surface area contributed by atoms with Gasteiger partial charge in [0, 0.05) is 5.41 Å². The number of carbonyl (C=O) groups excluding carboxylic acids is 1. The third-order valence-corrected chi connectivity index (χ3v) is 5.89. The van der Waals surface area contributed by atoms with Gasteiger partial charge in [-0.25, -0.2) is 12.7 Å². The summed E-state index contributed by atoms with van der Waals surface area (Å²) in [5, 5.41) is 0. The van der Waals surface area contributed by atoms with Crippen LogP contribution in [0.5, 0.6) is 0 Å². The molecule has 0 N–H and O–H groups in total. The molecule has 0 aromatic heterocycles. The molecule has 0 atom stereocenters. The Balaban J connectivity index is 2.73. The number of anilines is 1. The number of amides is 1. The van der Waals surface area contributed by atoms with Crippen molar-refractivity contribution in [2.24, 2.45) is 5.41 Å². The Labute approximate surface area is 150 Å². The minimum atomic E-state index is -4.01. The molecular weight excluding hydrogens is 334 g/mol. The molecule has 5 heteroatoms. The molecule has 1 amide bonds. The van der Waals surface area contributed by atoms with Crippen molar-refractivity contribution in [2.45, 2.75) is 46.4 Å². The molecule has 0 unspecified atom stereocenters. The Hall–Kier alpha value is -2.14. The lowest BCUT2D eigenvalue weighted by molar-refractivity contribution is -0.124. The first kappa shape index (κ1) is 19.2. The Bertz CT molecular complexity index is 892. The number of carbonyl (C=O) groups is 1. The molecule has 134 valence electrons. The third kappa shape index (κ3) is 3.76. The van der Waals surface area contributed by atoms with Crippen LogP contribution in [0.3, 0.4) is 0 Å². The van der Waals surface area contributed by atoms with E-state index >= 15 is 0 Å². The van der Waals surface area contributed by atoms with Gasteiger partial charge in [-0.3, -0.25) is 4.79 Å². The molecule has 0 aliphatic heterocycles. The molecule has 0 radical (unpaired) electrons. The van der Waals surface area contributed by atoms with E-state index in [-0.39, 0.29) is 4.90 Å². The van der Waals surface area contributed by atoms with Crippen molar-refractivity contribution in [1.29, 1.82) is 0 Å². The smallest absolute Gasteiger partial charge is 0.270 e. The monoisotopic (exact) mass is 359 g/mol. The van der Waals surface area contributed by atoms with E-state index in [0.717, 1.165) is 21.0 Å². The van der Waals surface area contributed by atoms with Gasteiger partial charge in [-0.2, -0.15) is 0 Å². The lowest BCUT2D eigenvalue weighted by Gasteiger charge is -2.30. The lowest BCUT2D eigenvalue weighted by Crippen LogP contribution is -2.44. The van der Waals surface area contributed by atoms with Crippen LogP contribution in [-0.2, 0) is 14.8 Å². The predicted molar refractivity (Wildman–Crippen MR) is 101 cm³/mol. The summed E-state index contributed by atoms with van der Waals surface area (Å²) in [5.74, 6) is -0.457. The van der Waals surface area contributed by atoms with Crippen molar-refractivity contribution >= 4 is 21.6 Å². The number of hydrogen-bond acceptors (Lipinski definition) is 3. The molecule has 0 bridgehead atoms. The maximum atomic E-state index is 13.3. The molecule has 0 spiro atoms. The van der Waals surface area contributed by atoms with Crippen LogP contribution in [0, 0.1) is 26.2 Å². The molecule has 0 fully saturated rings. The van der Waals surface area contributed by atoms with Gasteiger partial charge in [0.25, 0.3) is 10.0 Å². The lowest BCUT2D eigenvalue weighted by atomic mass is 9.95. The normalized spacial score (nSPS) is 12.1. The molecule has 0 aliphatic carbocycles. The van der Waals surface area contributed by atoms with Gasteiger partial charge in [0.2, 0.25) is 5.91 Å². The zero-order valence-electron chi connectivity index (χ0n) is 15.6. The minimum Gasteiger partial charge on any atom is -0.273 e. The van der Waals surface area contributed by atoms with Crippen molar-refractivity contribution in [3.8, 4) is 0 Å². The van der Waals surface area contributed by atoms with Crippen molar-refractivity contribution < 1.29 is 13.2 Å². The molecular formula is C20H25NO3S. The zero-order valence-corrected chi connectivity index (χ0v) is 16.4. The van der Waals surface area contributed by atoms with Gasteiger partial charge in [-0.1, -0.05) is 50.6 Å². The summed E-state index contributed by atoms with van der Waals surface area (Å²) in [6.07, 6.45) is 0. The van der Waals surface area contributed by atoms with E-state index < -0.39 is 21.3 Å². The molecule has 4 nitrogen and oxygen atoms in total. The third-order valence-electron chi connectivity index (χ3n) is 4.18. The Morgan fingerprint density at radius 3 is 2.00 bits per heavy atom. The second-order valence-electron chi connectivity index (χ2n) is 7.36. The van der Waals surface area contributed by atoms with Crippen molar-refractivity contribution in [3.05, 3.63) is 59.2 Å². The fraction of sp³-hybridized carbons (Fsp3) is 0.350. The molecule has 2 rings (SSSR count). The summed E-state index contributed by atoms with van der Waals surface area (Å²) in [4.78, 5) is 13.2. The maximum absolute atomic E-state index is 13.3. The number of benzene rings is 2. The van der Waals surface area contributed by atoms with E-state index in [1.165, 1.54) is 0 Å². The van der Waals surface area contributed by atoms with Crippen LogP contribution >= 0.6 is 0 Å². The molecule has 2 aromatic carbocycles. The van der Waals surface area contributed by atoms with Gasteiger partial charge in [0.1, 0.15) is 0 Å². The number of hydrogen-bond donors (Lipinski definition) is 0. The highest BCUT2D eigenvalue weighted by Crippen LogP contribution is 2.32. The molecule has 0 heterocycles. The van der Waals surface area contributed by atoms with Gasteiger partial charge in [0.15, 0.2) is 0 Å². The maximum Gasteiger partial charge on any atom is 0.270 e. The van der Waals surface area contributed by atoms with Crippen LogP contribution in [0.4, 0.5) is 5.69 Å². The van der Waals surface area contributed by atoms with Crippen LogP contribution in [0.2, 0.25) is 0 Å². The van der Waals surface area contributed by atoms with Crippen molar-refractivity contribution in [2.75, 3.05) is 4.31 Å². The van der Waals surface area contributed by atoms with Crippen LogP contribution in [0.25, 0.3) is 0 Å². The number of rotatable bonds is 3. The molecule has 0 saturated heterocycles. The standard InChI is InChI=1S/C20H25NO3S/c1-14-10-12-17(13-11-14)25(23,24)21(19(22)20(4,5)6)18-9-7-8-15(2)16(18)3/h7-13H,1-6H3. The van der Waals surface area contributed by atoms with Crippen LogP contribution in [-0.4, -0.2) is 14.3 Å². The van der Waals surface area contributed by atoms with Crippen molar-refractivity contribution in [1.82, 2.24) is 0 Å². The van der Waals surface area contributed by atoms with E-state index in [0.29, 0.717) is 5.69 Å². The highest BCUT2D eigenvalue weighted by atomic mass is 32.2. The SMILES string of the molecule is Cc1ccc(S(=O)(=O)N(C(=O)C(C)(C)C)c2cccc(C)c2C)cc1. The van der Waals surface area contributed by atoms with Gasteiger partial charge < -0.3 is 0 Å². The molecule has 2 aromatic rings. The summed E-state index contributed by atoms with van der Waals surface area (Å²) >= 11 is 0. The highest BCUT2D eigenvalue weighted by Gasteiger charge is 2.38. The fourth-order valence-corrected chi connectivity index (χ4v) is 4.06. The fourth-order valence-electron chi connectivity index (χ4n) is 2.42. The molecule has 0 saturated carbocycles. The Morgan fingerprint density at radius 2 is 1.48 bits per heavy atom. The zero-order chi connectivity index (χ0) is 19.0. The van der Waals surface area contributed by atoms with Crippen molar-refractivity contribution in [3.63, 3.8) is 0 Å². The van der Waals surface area contributed by atoms with Crippen LogP contribution in [0.15, 0.2) is 47.4 Å². The first-order chi connectivity index (χ1) is 11.5. The predicted octanol–water partition coefficient (Wildman–Crippen LogP) is 4.38. The number of nitrogens with zero attached hydrogens (tertiary/aromatic N) is 1. The number of sulfonamides is 1. The average molecular weight is 359 g/mol. The van der Waals surface area contributed by atoms with Gasteiger partial charge in [-0.15, -0.1) is 0 Å². The number of aryl methyl sites for hydroxylation is 2. The van der Waals surface area contributed by atoms with E-state index in [4.69, 9.17) is 0 Å². The summed E-state index contributed by atoms with van der Waals surface area (Å²) < 4.78 is 27.6. The summed E-state index contributed by atoms with van der Waals surface area (Å²) in [6.45, 7) is 10.8. The first-order valence-electron chi connectivity index (χ1n) is 8.19. The summed E-state index contributed by atoms with van der Waals surface area (Å²) in [5.41, 5.74) is 2.23. The van der Waals surface area contributed by atoms with E-state index in [9.17, 15) is 13.2 Å². The molecule has 0 aliphatic rings. The second-order valence-corrected chi connectivity index (χ2v) is 9.14. The largest absolute Gasteiger partial charge is 0.273 e. The van der Waals surface area contributed by atoms with E-state index in [2.05, 4.69) is 0 Å². The average Bonchev–Trinajstić information content (AvgIpc) is 2.51. The highest BCUT2D eigenvalue weighted by molar-refractivity contribution is 7.93. The topological polar surface area (TPSA) is 54.5 Å². The van der Waals surface area contributed by atoms with Gasteiger partial charge >= 0.3 is 0 Å². The minimum absolute atomic E-state index is 0.108. The van der Waals surface area contributed by atoms with Gasteiger partial charge in [0.05, 0.1) is 10.6 Å². The summed E-state index contributed by atoms with van der Waals surface area (Å²) in [6, 6.07) is 11.9. The van der Waals surface area contributed by atoms with E-state index in [1.54, 1.807) is 57.2 Å². The quantitative estimate of drug-likeness (QED) is 0.817. The van der Waals surface area contributed by atoms with Gasteiger partial charge in [-0.05, 0) is 50.1 Å². The Kier molecular flexibility index (Phi) is 5.09. The van der Waals surface area contributed by atoms with Crippen LogP contribution in [0.1, 0.15) is 37.5 Å². The second kappa shape index (κ2) is 6.64.